The molecule has 0 fully saturated rings. The van der Waals surface area contributed by atoms with Gasteiger partial charge in [0.1, 0.15) is 17.7 Å². The molecule has 0 radical (unpaired) electrons. The molecular formula is C22H23N5O. The summed E-state index contributed by atoms with van der Waals surface area (Å²) in [6, 6.07) is 16.0. The van der Waals surface area contributed by atoms with E-state index in [0.29, 0.717) is 0 Å². The van der Waals surface area contributed by atoms with Crippen LogP contribution >= 0.6 is 0 Å². The van der Waals surface area contributed by atoms with Crippen LogP contribution in [0.1, 0.15) is 11.1 Å². The second-order valence-corrected chi connectivity index (χ2v) is 7.15. The Kier molecular flexibility index (Phi) is 4.71. The number of benzene rings is 2. The smallest absolute Gasteiger partial charge is 0.150 e. The first kappa shape index (κ1) is 18.0. The summed E-state index contributed by atoms with van der Waals surface area (Å²) in [5.74, 6) is 1.01. The van der Waals surface area contributed by atoms with Crippen molar-refractivity contribution in [3.05, 3.63) is 72.2 Å². The van der Waals surface area contributed by atoms with Crippen molar-refractivity contribution in [2.75, 3.05) is 19.0 Å². The molecule has 0 atom stereocenters. The van der Waals surface area contributed by atoms with Crippen LogP contribution in [0, 0.1) is 6.92 Å². The molecule has 28 heavy (non-hydrogen) atoms. The minimum atomic E-state index is 0.256. The molecule has 0 aliphatic heterocycles. The van der Waals surface area contributed by atoms with Crippen molar-refractivity contribution in [3.8, 4) is 5.75 Å². The summed E-state index contributed by atoms with van der Waals surface area (Å²) in [6.07, 6.45) is 3.41. The van der Waals surface area contributed by atoms with Gasteiger partial charge >= 0.3 is 0 Å². The van der Waals surface area contributed by atoms with E-state index in [2.05, 4.69) is 58.2 Å². The second kappa shape index (κ2) is 7.32. The summed E-state index contributed by atoms with van der Waals surface area (Å²) in [7, 11) is 4.11. The van der Waals surface area contributed by atoms with E-state index >= 15 is 0 Å². The van der Waals surface area contributed by atoms with Crippen molar-refractivity contribution < 1.29 is 5.11 Å². The van der Waals surface area contributed by atoms with Crippen LogP contribution in [0.5, 0.6) is 5.75 Å². The van der Waals surface area contributed by atoms with E-state index in [-0.39, 0.29) is 5.75 Å². The zero-order valence-corrected chi connectivity index (χ0v) is 16.2. The van der Waals surface area contributed by atoms with Gasteiger partial charge in [0.05, 0.1) is 11.1 Å². The maximum atomic E-state index is 10.3. The Bertz CT molecular complexity index is 1100. The summed E-state index contributed by atoms with van der Waals surface area (Å²) < 4.78 is 0. The van der Waals surface area contributed by atoms with Gasteiger partial charge in [0.15, 0.2) is 5.82 Å². The molecule has 0 bridgehead atoms. The quantitative estimate of drug-likeness (QED) is 0.539. The van der Waals surface area contributed by atoms with Crippen LogP contribution in [0.2, 0.25) is 0 Å². The molecule has 2 aromatic carbocycles. The number of aromatic nitrogens is 3. The Morgan fingerprint density at radius 2 is 1.71 bits per heavy atom. The molecule has 6 heteroatoms. The van der Waals surface area contributed by atoms with Gasteiger partial charge in [-0.3, -0.25) is 4.90 Å². The number of rotatable bonds is 5. The predicted octanol–water partition coefficient (Wildman–Crippen LogP) is 4.50. The lowest BCUT2D eigenvalue weighted by atomic mass is 10.1. The number of aromatic hydroxyl groups is 1. The molecule has 142 valence electrons. The monoisotopic (exact) mass is 373 g/mol. The topological polar surface area (TPSA) is 68.3 Å². The maximum absolute atomic E-state index is 10.3. The first-order valence-electron chi connectivity index (χ1n) is 9.14. The van der Waals surface area contributed by atoms with E-state index in [4.69, 9.17) is 0 Å². The van der Waals surface area contributed by atoms with Crippen molar-refractivity contribution in [3.63, 3.8) is 0 Å². The average molecular weight is 373 g/mol. The van der Waals surface area contributed by atoms with Crippen molar-refractivity contribution in [2.45, 2.75) is 13.5 Å². The van der Waals surface area contributed by atoms with Crippen LogP contribution in [0.3, 0.4) is 0 Å². The minimum Gasteiger partial charge on any atom is -0.508 e. The number of anilines is 3. The molecule has 0 saturated carbocycles. The number of phenols is 1. The van der Waals surface area contributed by atoms with Crippen molar-refractivity contribution in [1.82, 2.24) is 19.9 Å². The first-order valence-corrected chi connectivity index (χ1v) is 9.14. The minimum absolute atomic E-state index is 0.256. The van der Waals surface area contributed by atoms with Crippen LogP contribution in [0.15, 0.2) is 61.1 Å². The zero-order valence-electron chi connectivity index (χ0n) is 16.2. The molecule has 0 unspecified atom stereocenters. The van der Waals surface area contributed by atoms with Gasteiger partial charge < -0.3 is 15.0 Å². The van der Waals surface area contributed by atoms with E-state index in [0.717, 1.165) is 40.3 Å². The van der Waals surface area contributed by atoms with Gasteiger partial charge in [0.2, 0.25) is 0 Å². The number of aromatic amines is 1. The third-order valence-corrected chi connectivity index (χ3v) is 4.69. The van der Waals surface area contributed by atoms with Crippen LogP contribution in [0.25, 0.3) is 11.0 Å². The number of nitrogens with one attached hydrogen (secondary N) is 1. The van der Waals surface area contributed by atoms with Crippen LogP contribution in [-0.4, -0.2) is 39.1 Å². The van der Waals surface area contributed by atoms with Gasteiger partial charge in [0, 0.05) is 24.5 Å². The number of fused-ring (bicyclic) bond motifs is 1. The lowest BCUT2D eigenvalue weighted by Crippen LogP contribution is -2.13. The van der Waals surface area contributed by atoms with Gasteiger partial charge in [-0.1, -0.05) is 18.2 Å². The highest BCUT2D eigenvalue weighted by atomic mass is 16.3. The Labute approximate surface area is 164 Å². The Hall–Kier alpha value is -3.38. The second-order valence-electron chi connectivity index (χ2n) is 7.15. The average Bonchev–Trinajstić information content (AvgIpc) is 3.15. The molecule has 0 aliphatic rings. The van der Waals surface area contributed by atoms with E-state index in [1.54, 1.807) is 12.4 Å². The predicted molar refractivity (Wildman–Crippen MR) is 112 cm³/mol. The summed E-state index contributed by atoms with van der Waals surface area (Å²) >= 11 is 0. The number of H-pyrrole nitrogens is 1. The number of phenolic OH excluding ortho intramolecular Hbond substituents is 1. The zero-order chi connectivity index (χ0) is 19.7. The Balaban J connectivity index is 1.86. The third-order valence-electron chi connectivity index (χ3n) is 4.69. The molecule has 2 heterocycles. The third kappa shape index (κ3) is 3.42. The number of nitrogens with zero attached hydrogens (tertiary/aromatic N) is 4. The first-order chi connectivity index (χ1) is 13.5. The number of aryl methyl sites for hydroxylation is 1. The summed E-state index contributed by atoms with van der Waals surface area (Å²) in [6.45, 7) is 2.76. The molecule has 6 nitrogen and oxygen atoms in total. The molecule has 0 spiro atoms. The fraction of sp³-hybridized carbons (Fsp3) is 0.182. The van der Waals surface area contributed by atoms with Crippen LogP contribution < -0.4 is 4.90 Å². The van der Waals surface area contributed by atoms with E-state index in [9.17, 15) is 5.11 Å². The summed E-state index contributed by atoms with van der Waals surface area (Å²) in [5.41, 5.74) is 4.64. The van der Waals surface area contributed by atoms with E-state index in [1.807, 2.05) is 36.2 Å². The van der Waals surface area contributed by atoms with Gasteiger partial charge in [-0.05, 0) is 56.4 Å². The number of hydrogen-bond acceptors (Lipinski definition) is 5. The fourth-order valence-corrected chi connectivity index (χ4v) is 3.28. The van der Waals surface area contributed by atoms with Crippen LogP contribution in [-0.2, 0) is 6.54 Å². The Morgan fingerprint density at radius 3 is 2.43 bits per heavy atom. The number of hydrogen-bond donors (Lipinski definition) is 2. The molecule has 0 amide bonds. The van der Waals surface area contributed by atoms with Crippen molar-refractivity contribution >= 4 is 28.2 Å². The van der Waals surface area contributed by atoms with Gasteiger partial charge in [-0.2, -0.15) is 0 Å². The maximum Gasteiger partial charge on any atom is 0.150 e. The standard InChI is InChI=1S/C22H23N5O/c1-15-4-7-18(12-20(15)28)27(17-8-5-16(6-9-17)13-26(2)3)22-19-10-11-23-21(19)24-14-25-22/h4-12,14,28H,13H2,1-3H3,(H,23,24,25). The van der Waals surface area contributed by atoms with Crippen molar-refractivity contribution in [1.29, 1.82) is 0 Å². The Morgan fingerprint density at radius 1 is 0.964 bits per heavy atom. The van der Waals surface area contributed by atoms with Crippen molar-refractivity contribution in [2.24, 2.45) is 0 Å². The molecule has 4 aromatic rings. The molecule has 2 aromatic heterocycles. The van der Waals surface area contributed by atoms with Gasteiger partial charge in [-0.25, -0.2) is 9.97 Å². The highest BCUT2D eigenvalue weighted by molar-refractivity contribution is 5.93. The largest absolute Gasteiger partial charge is 0.508 e. The van der Waals surface area contributed by atoms with Gasteiger partial charge in [-0.15, -0.1) is 0 Å². The normalized spacial score (nSPS) is 11.3. The SMILES string of the molecule is Cc1ccc(N(c2ccc(CN(C)C)cc2)c2ncnc3[nH]ccc23)cc1O. The molecule has 2 N–H and O–H groups in total. The molecule has 4 rings (SSSR count). The lowest BCUT2D eigenvalue weighted by Gasteiger charge is -2.25. The summed E-state index contributed by atoms with van der Waals surface area (Å²) in [5, 5.41) is 11.2. The van der Waals surface area contributed by atoms with Gasteiger partial charge in [0.25, 0.3) is 0 Å². The lowest BCUT2D eigenvalue weighted by molar-refractivity contribution is 0.402. The fourth-order valence-electron chi connectivity index (χ4n) is 3.28. The molecule has 0 saturated heterocycles. The molecule has 0 aliphatic carbocycles. The molecular weight excluding hydrogens is 350 g/mol. The summed E-state index contributed by atoms with van der Waals surface area (Å²) in [4.78, 5) is 16.2. The highest BCUT2D eigenvalue weighted by Gasteiger charge is 2.18. The van der Waals surface area contributed by atoms with E-state index < -0.39 is 0 Å². The van der Waals surface area contributed by atoms with Crippen LogP contribution in [0.4, 0.5) is 17.2 Å². The van der Waals surface area contributed by atoms with E-state index in [1.165, 1.54) is 5.56 Å². The highest BCUT2D eigenvalue weighted by Crippen LogP contribution is 2.38.